The highest BCUT2D eigenvalue weighted by Crippen LogP contribution is 2.48. The van der Waals surface area contributed by atoms with Crippen molar-refractivity contribution in [1.82, 2.24) is 0 Å². The summed E-state index contributed by atoms with van der Waals surface area (Å²) in [5, 5.41) is 18.2. The van der Waals surface area contributed by atoms with Crippen LogP contribution in [0.15, 0.2) is 18.2 Å². The number of ether oxygens (including phenoxy) is 2. The normalized spacial score (nSPS) is 23.7. The largest absolute Gasteiger partial charge is 0.482 e. The monoisotopic (exact) mass is 404 g/mol. The number of carboxylic acids is 1. The van der Waals surface area contributed by atoms with Gasteiger partial charge in [-0.1, -0.05) is 12.1 Å². The molecule has 6 heteroatoms. The van der Waals surface area contributed by atoms with E-state index in [2.05, 4.69) is 6.07 Å². The number of esters is 1. The van der Waals surface area contributed by atoms with E-state index in [1.165, 1.54) is 24.0 Å². The second kappa shape index (κ2) is 10.1. The smallest absolute Gasteiger partial charge is 0.344 e. The Balaban J connectivity index is 1.54. The molecule has 4 atom stereocenters. The number of carboxylic acid groups (broad SMARTS) is 1. The lowest BCUT2D eigenvalue weighted by Crippen LogP contribution is -2.26. The fourth-order valence-electron chi connectivity index (χ4n) is 4.91. The first-order valence-electron chi connectivity index (χ1n) is 10.7. The number of aliphatic hydroxyl groups excluding tert-OH is 1. The summed E-state index contributed by atoms with van der Waals surface area (Å²) in [6, 6.07) is 6.05. The zero-order valence-corrected chi connectivity index (χ0v) is 17.1. The van der Waals surface area contributed by atoms with Gasteiger partial charge in [0.1, 0.15) is 5.75 Å². The van der Waals surface area contributed by atoms with Crippen LogP contribution in [0.5, 0.6) is 5.75 Å². The summed E-state index contributed by atoms with van der Waals surface area (Å²) in [5.41, 5.74) is 2.52. The molecular formula is C23H32O6. The molecule has 0 heterocycles. The van der Waals surface area contributed by atoms with Crippen molar-refractivity contribution in [3.05, 3.63) is 29.3 Å². The van der Waals surface area contributed by atoms with Crippen LogP contribution in [-0.4, -0.2) is 41.5 Å². The highest BCUT2D eigenvalue weighted by Gasteiger charge is 2.39. The van der Waals surface area contributed by atoms with Crippen molar-refractivity contribution < 1.29 is 29.3 Å². The van der Waals surface area contributed by atoms with Gasteiger partial charge in [0, 0.05) is 6.42 Å². The summed E-state index contributed by atoms with van der Waals surface area (Å²) in [7, 11) is 0. The number of hydrogen-bond acceptors (Lipinski definition) is 5. The van der Waals surface area contributed by atoms with E-state index in [4.69, 9.17) is 14.6 Å². The quantitative estimate of drug-likeness (QED) is 0.459. The van der Waals surface area contributed by atoms with E-state index < -0.39 is 11.9 Å². The van der Waals surface area contributed by atoms with Crippen LogP contribution >= 0.6 is 0 Å². The Morgan fingerprint density at radius 1 is 1.24 bits per heavy atom. The molecule has 0 radical (unpaired) electrons. The SMILES string of the molecule is CC(O)CCC1CCC2Cc3c(cccc3OCC(=O)OCCCC(=O)O)CC12. The van der Waals surface area contributed by atoms with Crippen molar-refractivity contribution >= 4 is 11.9 Å². The van der Waals surface area contributed by atoms with Crippen LogP contribution in [0.4, 0.5) is 0 Å². The standard InChI is InChI=1S/C23H32O6/c1-15(24)7-8-16-9-10-18-13-20-17(12-19(16)18)4-2-5-21(20)29-14-23(27)28-11-3-6-22(25)26/h2,4-5,15-16,18-19,24H,3,6-14H2,1H3,(H,25,26). The number of fused-ring (bicyclic) bond motifs is 2. The number of aliphatic carboxylic acids is 1. The minimum atomic E-state index is -0.897. The fourth-order valence-corrected chi connectivity index (χ4v) is 4.91. The second-order valence-electron chi connectivity index (χ2n) is 8.50. The molecule has 4 unspecified atom stereocenters. The van der Waals surface area contributed by atoms with Gasteiger partial charge in [0.05, 0.1) is 12.7 Å². The van der Waals surface area contributed by atoms with E-state index in [0.29, 0.717) is 24.2 Å². The van der Waals surface area contributed by atoms with Crippen LogP contribution < -0.4 is 4.74 Å². The van der Waals surface area contributed by atoms with Crippen molar-refractivity contribution in [3.63, 3.8) is 0 Å². The third kappa shape index (κ3) is 5.95. The fraction of sp³-hybridized carbons (Fsp3) is 0.652. The minimum absolute atomic E-state index is 0.0128. The molecular weight excluding hydrogens is 372 g/mol. The molecule has 0 amide bonds. The van der Waals surface area contributed by atoms with Crippen molar-refractivity contribution in [2.75, 3.05) is 13.2 Å². The summed E-state index contributed by atoms with van der Waals surface area (Å²) in [6.45, 7) is 1.80. The van der Waals surface area contributed by atoms with Gasteiger partial charge in [-0.2, -0.15) is 0 Å². The van der Waals surface area contributed by atoms with Crippen LogP contribution in [0, 0.1) is 17.8 Å². The molecule has 0 bridgehead atoms. The summed E-state index contributed by atoms with van der Waals surface area (Å²) in [5.74, 6) is 1.40. The van der Waals surface area contributed by atoms with Crippen LogP contribution in [0.25, 0.3) is 0 Å². The van der Waals surface area contributed by atoms with Crippen molar-refractivity contribution in [1.29, 1.82) is 0 Å². The van der Waals surface area contributed by atoms with Gasteiger partial charge in [0.2, 0.25) is 0 Å². The molecule has 2 aliphatic carbocycles. The average Bonchev–Trinajstić information content (AvgIpc) is 3.08. The number of carbonyl (C=O) groups is 2. The molecule has 1 fully saturated rings. The van der Waals surface area contributed by atoms with Gasteiger partial charge in [0.25, 0.3) is 0 Å². The number of rotatable bonds is 10. The van der Waals surface area contributed by atoms with Gasteiger partial charge in [0.15, 0.2) is 6.61 Å². The molecule has 3 rings (SSSR count). The summed E-state index contributed by atoms with van der Waals surface area (Å²) >= 11 is 0. The highest BCUT2D eigenvalue weighted by atomic mass is 16.6. The Labute approximate surface area is 172 Å². The Morgan fingerprint density at radius 3 is 2.83 bits per heavy atom. The zero-order chi connectivity index (χ0) is 20.8. The first-order valence-corrected chi connectivity index (χ1v) is 10.7. The van der Waals surface area contributed by atoms with E-state index in [1.807, 2.05) is 19.1 Å². The molecule has 1 aromatic carbocycles. The highest BCUT2D eigenvalue weighted by molar-refractivity contribution is 5.71. The molecule has 0 aromatic heterocycles. The summed E-state index contributed by atoms with van der Waals surface area (Å²) < 4.78 is 10.8. The molecule has 160 valence electrons. The first-order chi connectivity index (χ1) is 13.9. The summed E-state index contributed by atoms with van der Waals surface area (Å²) in [6.07, 6.45) is 6.51. The maximum Gasteiger partial charge on any atom is 0.344 e. The molecule has 1 aromatic rings. The predicted molar refractivity (Wildman–Crippen MR) is 108 cm³/mol. The van der Waals surface area contributed by atoms with E-state index in [9.17, 15) is 14.7 Å². The maximum absolute atomic E-state index is 11.9. The minimum Gasteiger partial charge on any atom is -0.482 e. The van der Waals surface area contributed by atoms with Gasteiger partial charge >= 0.3 is 11.9 Å². The van der Waals surface area contributed by atoms with Crippen LogP contribution in [-0.2, 0) is 27.2 Å². The molecule has 2 N–H and O–H groups in total. The summed E-state index contributed by atoms with van der Waals surface area (Å²) in [4.78, 5) is 22.3. The first kappa shape index (κ1) is 21.6. The van der Waals surface area contributed by atoms with Crippen molar-refractivity contribution in [2.24, 2.45) is 17.8 Å². The lowest BCUT2D eigenvalue weighted by Gasteiger charge is -2.32. The van der Waals surface area contributed by atoms with Gasteiger partial charge < -0.3 is 19.7 Å². The van der Waals surface area contributed by atoms with Gasteiger partial charge in [-0.15, -0.1) is 0 Å². The number of hydrogen-bond donors (Lipinski definition) is 2. The van der Waals surface area contributed by atoms with E-state index in [1.54, 1.807) is 0 Å². The van der Waals surface area contributed by atoms with Crippen LogP contribution in [0.3, 0.4) is 0 Å². The van der Waals surface area contributed by atoms with Gasteiger partial charge in [-0.3, -0.25) is 4.79 Å². The number of benzene rings is 1. The third-order valence-corrected chi connectivity index (χ3v) is 6.37. The Morgan fingerprint density at radius 2 is 2.07 bits per heavy atom. The Kier molecular flexibility index (Phi) is 7.53. The lowest BCUT2D eigenvalue weighted by atomic mass is 9.73. The van der Waals surface area contributed by atoms with E-state index in [0.717, 1.165) is 31.4 Å². The van der Waals surface area contributed by atoms with Gasteiger partial charge in [-0.25, -0.2) is 4.79 Å². The maximum atomic E-state index is 11.9. The second-order valence-corrected chi connectivity index (χ2v) is 8.50. The van der Waals surface area contributed by atoms with Crippen LogP contribution in [0.2, 0.25) is 0 Å². The Bertz CT molecular complexity index is 713. The lowest BCUT2D eigenvalue weighted by molar-refractivity contribution is -0.147. The predicted octanol–water partition coefficient (Wildman–Crippen LogP) is 3.38. The topological polar surface area (TPSA) is 93.1 Å². The molecule has 0 aliphatic heterocycles. The molecule has 6 nitrogen and oxygen atoms in total. The number of aliphatic hydroxyl groups is 1. The van der Waals surface area contributed by atoms with Gasteiger partial charge in [-0.05, 0) is 86.8 Å². The molecule has 2 aliphatic rings. The van der Waals surface area contributed by atoms with Crippen molar-refractivity contribution in [3.8, 4) is 5.75 Å². The average molecular weight is 405 g/mol. The van der Waals surface area contributed by atoms with Crippen LogP contribution in [0.1, 0.15) is 56.6 Å². The molecule has 0 saturated heterocycles. The van der Waals surface area contributed by atoms with E-state index in [-0.39, 0.29) is 25.7 Å². The number of carbonyl (C=O) groups excluding carboxylic acids is 1. The van der Waals surface area contributed by atoms with E-state index >= 15 is 0 Å². The third-order valence-electron chi connectivity index (χ3n) is 6.37. The zero-order valence-electron chi connectivity index (χ0n) is 17.1. The molecule has 29 heavy (non-hydrogen) atoms. The Hall–Kier alpha value is -2.08. The molecule has 1 saturated carbocycles. The molecule has 0 spiro atoms. The van der Waals surface area contributed by atoms with Crippen molar-refractivity contribution in [2.45, 2.75) is 64.4 Å².